The molecule has 2 aromatic heterocycles. The average molecular weight is 522 g/mol. The molecule has 1 aliphatic carbocycles. The Morgan fingerprint density at radius 2 is 2.25 bits per heavy atom. The van der Waals surface area contributed by atoms with Crippen LogP contribution in [0.4, 0.5) is 5.00 Å². The van der Waals surface area contributed by atoms with Gasteiger partial charge in [0.2, 0.25) is 5.91 Å². The van der Waals surface area contributed by atoms with Crippen molar-refractivity contribution in [1.82, 2.24) is 14.8 Å². The number of ether oxygens (including phenoxy) is 1. The molecule has 1 N–H and O–H groups in total. The first-order valence-corrected chi connectivity index (χ1v) is 13.9. The average Bonchev–Trinajstić information content (AvgIpc) is 3.42. The highest BCUT2D eigenvalue weighted by Gasteiger charge is 2.26. The zero-order chi connectivity index (χ0) is 25.7. The van der Waals surface area contributed by atoms with E-state index in [1.807, 2.05) is 30.5 Å². The number of anilines is 1. The number of rotatable bonds is 10. The number of nitriles is 1. The van der Waals surface area contributed by atoms with Crippen LogP contribution >= 0.6 is 23.1 Å². The largest absolute Gasteiger partial charge is 0.485 e. The number of allylic oxidation sites excluding steroid dienone is 1. The molecule has 2 heterocycles. The third kappa shape index (κ3) is 5.82. The van der Waals surface area contributed by atoms with Crippen LogP contribution < -0.4 is 10.1 Å². The van der Waals surface area contributed by atoms with E-state index in [1.165, 1.54) is 16.6 Å². The maximum atomic E-state index is 12.8. The Kier molecular flexibility index (Phi) is 8.49. The molecule has 0 radical (unpaired) electrons. The second-order valence-electron chi connectivity index (χ2n) is 9.03. The van der Waals surface area contributed by atoms with E-state index in [9.17, 15) is 10.1 Å². The number of carbonyl (C=O) groups is 1. The predicted molar refractivity (Wildman–Crippen MR) is 145 cm³/mol. The molecule has 36 heavy (non-hydrogen) atoms. The first-order chi connectivity index (χ1) is 17.4. The van der Waals surface area contributed by atoms with Crippen molar-refractivity contribution < 1.29 is 9.53 Å². The Labute approximate surface area is 220 Å². The van der Waals surface area contributed by atoms with Crippen molar-refractivity contribution in [3.8, 4) is 11.8 Å². The zero-order valence-corrected chi connectivity index (χ0v) is 22.6. The molecule has 0 saturated carbocycles. The second-order valence-corrected chi connectivity index (χ2v) is 11.1. The summed E-state index contributed by atoms with van der Waals surface area (Å²) in [6.07, 6.45) is 5.92. The summed E-state index contributed by atoms with van der Waals surface area (Å²) in [4.78, 5) is 14.0. The topological polar surface area (TPSA) is 92.8 Å². The highest BCUT2D eigenvalue weighted by molar-refractivity contribution is 7.99. The molecule has 188 valence electrons. The highest BCUT2D eigenvalue weighted by atomic mass is 32.2. The van der Waals surface area contributed by atoms with Gasteiger partial charge in [-0.25, -0.2) is 0 Å². The molecular weight excluding hydrogens is 490 g/mol. The van der Waals surface area contributed by atoms with Crippen LogP contribution in [0, 0.1) is 31.1 Å². The minimum atomic E-state index is -0.163. The van der Waals surface area contributed by atoms with E-state index in [-0.39, 0.29) is 18.3 Å². The number of benzene rings is 1. The molecule has 7 nitrogen and oxygen atoms in total. The first-order valence-electron chi connectivity index (χ1n) is 12.1. The van der Waals surface area contributed by atoms with Gasteiger partial charge in [0, 0.05) is 11.4 Å². The van der Waals surface area contributed by atoms with E-state index in [0.29, 0.717) is 34.0 Å². The van der Waals surface area contributed by atoms with Crippen LogP contribution in [-0.2, 0) is 30.8 Å². The normalized spacial score (nSPS) is 14.7. The van der Waals surface area contributed by atoms with E-state index < -0.39 is 0 Å². The van der Waals surface area contributed by atoms with Gasteiger partial charge in [0.25, 0.3) is 0 Å². The summed E-state index contributed by atoms with van der Waals surface area (Å²) in [5.41, 5.74) is 3.93. The van der Waals surface area contributed by atoms with E-state index in [2.05, 4.69) is 41.2 Å². The van der Waals surface area contributed by atoms with Crippen molar-refractivity contribution in [1.29, 1.82) is 5.26 Å². The number of thioether (sulfide) groups is 1. The summed E-state index contributed by atoms with van der Waals surface area (Å²) in [6, 6.07) is 8.40. The quantitative estimate of drug-likeness (QED) is 0.266. The van der Waals surface area contributed by atoms with Crippen molar-refractivity contribution in [2.45, 2.75) is 64.8 Å². The van der Waals surface area contributed by atoms with E-state index in [1.54, 1.807) is 17.4 Å². The lowest BCUT2D eigenvalue weighted by Gasteiger charge is -2.20. The summed E-state index contributed by atoms with van der Waals surface area (Å²) >= 11 is 2.86. The van der Waals surface area contributed by atoms with Gasteiger partial charge in [-0.05, 0) is 61.8 Å². The van der Waals surface area contributed by atoms with Gasteiger partial charge >= 0.3 is 0 Å². The van der Waals surface area contributed by atoms with Gasteiger partial charge in [0.1, 0.15) is 23.4 Å². The Hall–Kier alpha value is -3.09. The Bertz CT molecular complexity index is 1300. The van der Waals surface area contributed by atoms with Crippen molar-refractivity contribution in [2.75, 3.05) is 11.1 Å². The molecule has 0 bridgehead atoms. The van der Waals surface area contributed by atoms with E-state index >= 15 is 0 Å². The molecule has 4 rings (SSSR count). The van der Waals surface area contributed by atoms with E-state index in [4.69, 9.17) is 4.74 Å². The lowest BCUT2D eigenvalue weighted by Crippen LogP contribution is -2.15. The lowest BCUT2D eigenvalue weighted by molar-refractivity contribution is -0.113. The van der Waals surface area contributed by atoms with Crippen LogP contribution in [0.1, 0.15) is 52.7 Å². The number of carbonyl (C=O) groups excluding carboxylic acids is 1. The molecule has 3 aromatic rings. The number of thiophene rings is 1. The van der Waals surface area contributed by atoms with Gasteiger partial charge in [0.15, 0.2) is 11.0 Å². The minimum absolute atomic E-state index is 0.163. The number of hydrogen-bond donors (Lipinski definition) is 1. The summed E-state index contributed by atoms with van der Waals surface area (Å²) in [5, 5.41) is 22.6. The van der Waals surface area contributed by atoms with Gasteiger partial charge in [-0.15, -0.1) is 28.1 Å². The smallest absolute Gasteiger partial charge is 0.235 e. The minimum Gasteiger partial charge on any atom is -0.485 e. The second kappa shape index (κ2) is 11.8. The number of nitrogens with zero attached hydrogens (tertiary/aromatic N) is 4. The fourth-order valence-electron chi connectivity index (χ4n) is 4.35. The van der Waals surface area contributed by atoms with Crippen LogP contribution in [0.25, 0.3) is 0 Å². The Morgan fingerprint density at radius 1 is 1.42 bits per heavy atom. The fraction of sp³-hybridized carbons (Fsp3) is 0.407. The van der Waals surface area contributed by atoms with Gasteiger partial charge in [0.05, 0.1) is 11.3 Å². The lowest BCUT2D eigenvalue weighted by atomic mass is 9.86. The maximum Gasteiger partial charge on any atom is 0.235 e. The summed E-state index contributed by atoms with van der Waals surface area (Å²) in [7, 11) is 0. The van der Waals surface area contributed by atoms with Crippen LogP contribution in [-0.4, -0.2) is 26.4 Å². The molecule has 0 fully saturated rings. The van der Waals surface area contributed by atoms with Crippen LogP contribution in [0.2, 0.25) is 0 Å². The van der Waals surface area contributed by atoms with Crippen molar-refractivity contribution in [3.63, 3.8) is 0 Å². The first kappa shape index (κ1) is 26.0. The monoisotopic (exact) mass is 521 g/mol. The summed E-state index contributed by atoms with van der Waals surface area (Å²) < 4.78 is 7.92. The number of nitrogens with one attached hydrogen (secondary N) is 1. The van der Waals surface area contributed by atoms with Crippen molar-refractivity contribution in [3.05, 3.63) is 63.8 Å². The van der Waals surface area contributed by atoms with E-state index in [0.717, 1.165) is 48.1 Å². The number of aryl methyl sites for hydroxylation is 2. The number of fused-ring (bicyclic) bond motifs is 1. The molecule has 0 aliphatic heterocycles. The third-order valence-electron chi connectivity index (χ3n) is 6.45. The van der Waals surface area contributed by atoms with Gasteiger partial charge in [-0.3, -0.25) is 9.36 Å². The fourth-order valence-corrected chi connectivity index (χ4v) is 6.45. The standard InChI is InChI=1S/C27H31N5O2S2/c1-5-11-32-24(15-34-22-12-17(3)7-8-18(22)4)30-31-27(32)35-16-25(33)29-26-21(14-28)20-10-9-19(6-2)13-23(20)36-26/h5,7-8,12,19H,1,6,9-11,13,15-16H2,2-4H3,(H,29,33). The van der Waals surface area contributed by atoms with Crippen molar-refractivity contribution >= 4 is 34.0 Å². The molecule has 9 heteroatoms. The summed E-state index contributed by atoms with van der Waals surface area (Å²) in [6.45, 7) is 10.9. The SMILES string of the molecule is C=CCn1c(COc2cc(C)ccc2C)nnc1SCC(=O)Nc1sc2c(c1C#N)CCC(CC)C2. The third-order valence-corrected chi connectivity index (χ3v) is 8.58. The predicted octanol–water partition coefficient (Wildman–Crippen LogP) is 5.84. The number of amides is 1. The van der Waals surface area contributed by atoms with Gasteiger partial charge in [-0.2, -0.15) is 5.26 Å². The Morgan fingerprint density at radius 3 is 3.00 bits per heavy atom. The van der Waals surface area contributed by atoms with Crippen LogP contribution in [0.5, 0.6) is 5.75 Å². The molecular formula is C27H31N5O2S2. The number of aromatic nitrogens is 3. The molecule has 0 spiro atoms. The number of hydrogen-bond acceptors (Lipinski definition) is 7. The molecule has 1 aliphatic rings. The Balaban J connectivity index is 1.41. The van der Waals surface area contributed by atoms with Gasteiger partial charge in [-0.1, -0.05) is 43.3 Å². The molecule has 1 unspecified atom stereocenters. The molecule has 0 saturated heterocycles. The zero-order valence-electron chi connectivity index (χ0n) is 21.0. The summed E-state index contributed by atoms with van der Waals surface area (Å²) in [5.74, 6) is 2.14. The van der Waals surface area contributed by atoms with Crippen LogP contribution in [0.15, 0.2) is 36.0 Å². The molecule has 1 amide bonds. The van der Waals surface area contributed by atoms with Gasteiger partial charge < -0.3 is 10.1 Å². The maximum absolute atomic E-state index is 12.8. The van der Waals surface area contributed by atoms with Crippen molar-refractivity contribution in [2.24, 2.45) is 5.92 Å². The molecule has 1 atom stereocenters. The van der Waals surface area contributed by atoms with Crippen LogP contribution in [0.3, 0.4) is 0 Å². The molecule has 1 aromatic carbocycles. The highest BCUT2D eigenvalue weighted by Crippen LogP contribution is 2.40.